The first-order valence-corrected chi connectivity index (χ1v) is 11.3. The van der Waals surface area contributed by atoms with Crippen LogP contribution in [-0.2, 0) is 21.2 Å². The van der Waals surface area contributed by atoms with Crippen molar-refractivity contribution in [2.24, 2.45) is 11.5 Å². The van der Waals surface area contributed by atoms with Gasteiger partial charge < -0.3 is 26.2 Å². The Bertz CT molecular complexity index is 1140. The van der Waals surface area contributed by atoms with Gasteiger partial charge in [0.15, 0.2) is 9.84 Å². The second-order valence-corrected chi connectivity index (χ2v) is 9.89. The smallest absolute Gasteiger partial charge is 0.326 e. The van der Waals surface area contributed by atoms with Gasteiger partial charge in [0.05, 0.1) is 16.7 Å². The van der Waals surface area contributed by atoms with Crippen molar-refractivity contribution in [1.29, 1.82) is 0 Å². The summed E-state index contributed by atoms with van der Waals surface area (Å²) < 4.78 is 45.3. The molecular weight excluding hydrogens is 441 g/mol. The van der Waals surface area contributed by atoms with Gasteiger partial charge in [-0.15, -0.1) is 0 Å². The summed E-state index contributed by atoms with van der Waals surface area (Å²) in [5, 5.41) is 8.18. The van der Waals surface area contributed by atoms with Crippen LogP contribution in [0.2, 0.25) is 0 Å². The molecular formula is C21H24FN3O6S. The van der Waals surface area contributed by atoms with Crippen LogP contribution >= 0.6 is 0 Å². The highest BCUT2D eigenvalue weighted by molar-refractivity contribution is 7.92. The van der Waals surface area contributed by atoms with E-state index in [2.05, 4.69) is 0 Å². The normalized spacial score (nSPS) is 21.2. The summed E-state index contributed by atoms with van der Waals surface area (Å²) in [6, 6.07) is 8.97. The Morgan fingerprint density at radius 3 is 2.47 bits per heavy atom. The van der Waals surface area contributed by atoms with Gasteiger partial charge in [-0.3, -0.25) is 4.79 Å². The van der Waals surface area contributed by atoms with Crippen LogP contribution in [0.4, 0.5) is 9.18 Å². The summed E-state index contributed by atoms with van der Waals surface area (Å²) in [6.07, 6.45) is -0.170. The maximum Gasteiger partial charge on any atom is 0.326 e. The fourth-order valence-electron chi connectivity index (χ4n) is 3.72. The molecule has 2 aromatic carbocycles. The van der Waals surface area contributed by atoms with E-state index < -0.39 is 39.2 Å². The molecule has 9 nitrogen and oxygen atoms in total. The molecule has 0 spiro atoms. The predicted octanol–water partition coefficient (Wildman–Crippen LogP) is 1.42. The first kappa shape index (κ1) is 23.5. The quantitative estimate of drug-likeness (QED) is 0.583. The SMILES string of the molecule is Cc1cc(F)ccc1COc1ccc(S(=O)(=O)C2CCN(C(N)=O)CC2(N)C(=O)O)cc1. The first-order chi connectivity index (χ1) is 14.9. The van der Waals surface area contributed by atoms with Crippen LogP contribution in [0, 0.1) is 12.7 Å². The lowest BCUT2D eigenvalue weighted by Gasteiger charge is -2.41. The molecule has 1 saturated heterocycles. The molecule has 3 rings (SSSR count). The van der Waals surface area contributed by atoms with Crippen LogP contribution in [0.1, 0.15) is 17.5 Å². The van der Waals surface area contributed by atoms with Crippen molar-refractivity contribution in [3.05, 3.63) is 59.4 Å². The molecule has 1 heterocycles. The number of carboxylic acid groups (broad SMARTS) is 1. The second-order valence-electron chi connectivity index (χ2n) is 7.76. The number of hydrogen-bond acceptors (Lipinski definition) is 6. The summed E-state index contributed by atoms with van der Waals surface area (Å²) in [7, 11) is -4.14. The molecule has 5 N–H and O–H groups in total. The van der Waals surface area contributed by atoms with E-state index in [1.807, 2.05) is 0 Å². The number of ether oxygens (including phenoxy) is 1. The zero-order chi connectivity index (χ0) is 23.7. The number of sulfone groups is 1. The molecule has 1 aliphatic heterocycles. The number of carbonyl (C=O) groups is 2. The molecule has 2 amide bonds. The van der Waals surface area contributed by atoms with E-state index in [1.54, 1.807) is 13.0 Å². The lowest BCUT2D eigenvalue weighted by molar-refractivity contribution is -0.144. The van der Waals surface area contributed by atoms with Crippen molar-refractivity contribution in [3.8, 4) is 5.75 Å². The van der Waals surface area contributed by atoms with Crippen LogP contribution in [-0.4, -0.2) is 54.3 Å². The molecule has 0 saturated carbocycles. The van der Waals surface area contributed by atoms with Crippen molar-refractivity contribution >= 4 is 21.8 Å². The third-order valence-electron chi connectivity index (χ3n) is 5.62. The molecule has 1 fully saturated rings. The number of piperidine rings is 1. The van der Waals surface area contributed by atoms with Gasteiger partial charge in [-0.05, 0) is 60.9 Å². The monoisotopic (exact) mass is 465 g/mol. The van der Waals surface area contributed by atoms with Gasteiger partial charge in [0.2, 0.25) is 0 Å². The minimum absolute atomic E-state index is 0.0241. The van der Waals surface area contributed by atoms with Crippen LogP contribution in [0.3, 0.4) is 0 Å². The van der Waals surface area contributed by atoms with Gasteiger partial charge in [0, 0.05) is 6.54 Å². The average Bonchev–Trinajstić information content (AvgIpc) is 2.73. The largest absolute Gasteiger partial charge is 0.489 e. The minimum atomic E-state index is -4.14. The van der Waals surface area contributed by atoms with Crippen molar-refractivity contribution in [3.63, 3.8) is 0 Å². The van der Waals surface area contributed by atoms with Crippen molar-refractivity contribution in [2.45, 2.75) is 35.6 Å². The van der Waals surface area contributed by atoms with E-state index >= 15 is 0 Å². The fourth-order valence-corrected chi connectivity index (χ4v) is 5.71. The van der Waals surface area contributed by atoms with Gasteiger partial charge >= 0.3 is 12.0 Å². The Morgan fingerprint density at radius 1 is 1.25 bits per heavy atom. The lowest BCUT2D eigenvalue weighted by atomic mass is 9.89. The van der Waals surface area contributed by atoms with Crippen molar-refractivity contribution in [1.82, 2.24) is 4.90 Å². The Labute approximate surface area is 184 Å². The fraction of sp³-hybridized carbons (Fsp3) is 0.333. The third kappa shape index (κ3) is 4.53. The lowest BCUT2D eigenvalue weighted by Crippen LogP contribution is -2.69. The number of likely N-dealkylation sites (tertiary alicyclic amines) is 1. The number of hydrogen-bond donors (Lipinski definition) is 3. The van der Waals surface area contributed by atoms with E-state index in [1.165, 1.54) is 36.4 Å². The predicted molar refractivity (Wildman–Crippen MR) is 113 cm³/mol. The first-order valence-electron chi connectivity index (χ1n) is 9.73. The topological polar surface area (TPSA) is 153 Å². The van der Waals surface area contributed by atoms with Gasteiger partial charge in [0.25, 0.3) is 0 Å². The van der Waals surface area contributed by atoms with Crippen molar-refractivity contribution in [2.75, 3.05) is 13.1 Å². The number of primary amides is 1. The Hall–Kier alpha value is -3.18. The Balaban J connectivity index is 1.79. The Morgan fingerprint density at radius 2 is 1.91 bits per heavy atom. The van der Waals surface area contributed by atoms with Crippen LogP contribution in [0.15, 0.2) is 47.4 Å². The molecule has 0 radical (unpaired) electrons. The Kier molecular flexibility index (Phi) is 6.42. The number of amides is 2. The number of aryl methyl sites for hydroxylation is 1. The highest BCUT2D eigenvalue weighted by atomic mass is 32.2. The van der Waals surface area contributed by atoms with Crippen LogP contribution < -0.4 is 16.2 Å². The number of urea groups is 1. The summed E-state index contributed by atoms with van der Waals surface area (Å²) in [4.78, 5) is 24.2. The molecule has 11 heteroatoms. The van der Waals surface area contributed by atoms with Gasteiger partial charge in [-0.25, -0.2) is 17.6 Å². The molecule has 2 unspecified atom stereocenters. The highest BCUT2D eigenvalue weighted by Gasteiger charge is 2.53. The van der Waals surface area contributed by atoms with Gasteiger partial charge in [-0.2, -0.15) is 0 Å². The van der Waals surface area contributed by atoms with E-state index in [9.17, 15) is 27.5 Å². The maximum atomic E-state index is 13.2. The van der Waals surface area contributed by atoms with E-state index in [4.69, 9.17) is 16.2 Å². The zero-order valence-electron chi connectivity index (χ0n) is 17.3. The standard InChI is InChI=1S/C21H24FN3O6S/c1-13-10-15(22)3-2-14(13)11-31-16-4-6-17(7-5-16)32(29,30)18-8-9-25(20(23)28)12-21(18,24)19(26)27/h2-7,10,18H,8-9,11-12,24H2,1H3,(H2,23,28)(H,26,27). The molecule has 172 valence electrons. The second kappa shape index (κ2) is 8.75. The molecule has 0 bridgehead atoms. The molecule has 2 atom stereocenters. The van der Waals surface area contributed by atoms with Crippen LogP contribution in [0.5, 0.6) is 5.75 Å². The summed E-state index contributed by atoms with van der Waals surface area (Å²) >= 11 is 0. The number of aliphatic carboxylic acids is 1. The van der Waals surface area contributed by atoms with Crippen LogP contribution in [0.25, 0.3) is 0 Å². The van der Waals surface area contributed by atoms with E-state index in [0.29, 0.717) is 5.75 Å². The molecule has 0 aromatic heterocycles. The maximum absolute atomic E-state index is 13.2. The summed E-state index contributed by atoms with van der Waals surface area (Å²) in [6.45, 7) is 1.38. The molecule has 32 heavy (non-hydrogen) atoms. The van der Waals surface area contributed by atoms with Gasteiger partial charge in [0.1, 0.15) is 23.7 Å². The van der Waals surface area contributed by atoms with E-state index in [-0.39, 0.29) is 30.3 Å². The van der Waals surface area contributed by atoms with Crippen molar-refractivity contribution < 1.29 is 32.2 Å². The summed E-state index contributed by atoms with van der Waals surface area (Å²) in [5.74, 6) is -1.50. The highest BCUT2D eigenvalue weighted by Crippen LogP contribution is 2.31. The summed E-state index contributed by atoms with van der Waals surface area (Å²) in [5.41, 5.74) is 10.5. The average molecular weight is 466 g/mol. The number of carboxylic acids is 1. The zero-order valence-corrected chi connectivity index (χ0v) is 18.1. The molecule has 2 aromatic rings. The minimum Gasteiger partial charge on any atom is -0.489 e. The molecule has 1 aliphatic rings. The third-order valence-corrected chi connectivity index (χ3v) is 7.96. The van der Waals surface area contributed by atoms with Gasteiger partial charge in [-0.1, -0.05) is 6.07 Å². The number of halogens is 1. The number of rotatable bonds is 6. The number of nitrogens with zero attached hydrogens (tertiary/aromatic N) is 1. The molecule has 0 aliphatic carbocycles. The van der Waals surface area contributed by atoms with E-state index in [0.717, 1.165) is 16.0 Å². The number of benzene rings is 2. The number of carbonyl (C=O) groups excluding carboxylic acids is 1. The number of nitrogens with two attached hydrogens (primary N) is 2.